The van der Waals surface area contributed by atoms with E-state index in [1.54, 1.807) is 12.5 Å². The Morgan fingerprint density at radius 1 is 1.24 bits per heavy atom. The Hall–Kier alpha value is -2.07. The summed E-state index contributed by atoms with van der Waals surface area (Å²) in [5.74, 6) is 1.36. The second kappa shape index (κ2) is 4.74. The van der Waals surface area contributed by atoms with Crippen molar-refractivity contribution in [2.45, 2.75) is 12.8 Å². The van der Waals surface area contributed by atoms with E-state index in [1.807, 2.05) is 12.1 Å². The van der Waals surface area contributed by atoms with E-state index in [4.69, 9.17) is 11.6 Å². The van der Waals surface area contributed by atoms with Crippen molar-refractivity contribution >= 4 is 28.5 Å². The van der Waals surface area contributed by atoms with Crippen LogP contribution in [0.1, 0.15) is 17.0 Å². The minimum absolute atomic E-state index is 0.482. The molecule has 3 heterocycles. The van der Waals surface area contributed by atoms with Crippen molar-refractivity contribution < 1.29 is 0 Å². The molecule has 21 heavy (non-hydrogen) atoms. The third kappa shape index (κ3) is 1.98. The molecule has 0 amide bonds. The SMILES string of the molecule is Cc1ccc2[nH]cnc2c1C1CN(c2ncccc2Cl)C1. The molecule has 1 aliphatic rings. The minimum Gasteiger partial charge on any atom is -0.354 e. The number of H-pyrrole nitrogens is 1. The van der Waals surface area contributed by atoms with Crippen molar-refractivity contribution in [3.05, 3.63) is 52.9 Å². The summed E-state index contributed by atoms with van der Waals surface area (Å²) in [5, 5.41) is 0.714. The number of benzene rings is 1. The van der Waals surface area contributed by atoms with Gasteiger partial charge < -0.3 is 9.88 Å². The van der Waals surface area contributed by atoms with Gasteiger partial charge in [-0.05, 0) is 36.2 Å². The fourth-order valence-electron chi connectivity index (χ4n) is 3.09. The smallest absolute Gasteiger partial charge is 0.147 e. The van der Waals surface area contributed by atoms with Gasteiger partial charge in [0.25, 0.3) is 0 Å². The lowest BCUT2D eigenvalue weighted by Crippen LogP contribution is -2.46. The molecule has 3 aromatic rings. The van der Waals surface area contributed by atoms with Crippen LogP contribution in [0.4, 0.5) is 5.82 Å². The number of nitrogens with one attached hydrogen (secondary N) is 1. The summed E-state index contributed by atoms with van der Waals surface area (Å²) in [5.41, 5.74) is 4.83. The van der Waals surface area contributed by atoms with Crippen molar-refractivity contribution in [2.24, 2.45) is 0 Å². The second-order valence-corrected chi connectivity index (χ2v) is 5.91. The van der Waals surface area contributed by atoms with Gasteiger partial charge >= 0.3 is 0 Å². The van der Waals surface area contributed by atoms with Gasteiger partial charge in [0.2, 0.25) is 0 Å². The predicted octanol–water partition coefficient (Wildman–Crippen LogP) is 3.52. The molecule has 0 bridgehead atoms. The molecule has 2 aromatic heterocycles. The number of anilines is 1. The largest absolute Gasteiger partial charge is 0.354 e. The van der Waals surface area contributed by atoms with E-state index in [0.717, 1.165) is 29.9 Å². The number of imidazole rings is 1. The van der Waals surface area contributed by atoms with Crippen LogP contribution >= 0.6 is 11.6 Å². The van der Waals surface area contributed by atoms with Crippen LogP contribution in [0, 0.1) is 6.92 Å². The first kappa shape index (κ1) is 12.7. The molecule has 106 valence electrons. The molecule has 1 N–H and O–H groups in total. The van der Waals surface area contributed by atoms with Crippen LogP contribution in [-0.2, 0) is 0 Å². The molecule has 4 rings (SSSR count). The molecule has 1 fully saturated rings. The number of nitrogens with zero attached hydrogens (tertiary/aromatic N) is 3. The average molecular weight is 299 g/mol. The predicted molar refractivity (Wildman–Crippen MR) is 85.0 cm³/mol. The van der Waals surface area contributed by atoms with Gasteiger partial charge in [0.1, 0.15) is 5.82 Å². The third-order valence-corrected chi connectivity index (χ3v) is 4.47. The van der Waals surface area contributed by atoms with Crippen molar-refractivity contribution in [3.63, 3.8) is 0 Å². The van der Waals surface area contributed by atoms with Crippen LogP contribution in [0.5, 0.6) is 0 Å². The molecular weight excluding hydrogens is 284 g/mol. The van der Waals surface area contributed by atoms with Crippen molar-refractivity contribution in [2.75, 3.05) is 18.0 Å². The van der Waals surface area contributed by atoms with Gasteiger partial charge in [-0.2, -0.15) is 0 Å². The number of aryl methyl sites for hydroxylation is 1. The first-order valence-electron chi connectivity index (χ1n) is 7.02. The average Bonchev–Trinajstić information content (AvgIpc) is 2.90. The Bertz CT molecular complexity index is 805. The fraction of sp³-hybridized carbons (Fsp3) is 0.250. The number of aromatic amines is 1. The maximum Gasteiger partial charge on any atom is 0.147 e. The number of hydrogen-bond acceptors (Lipinski definition) is 3. The zero-order chi connectivity index (χ0) is 14.4. The number of fused-ring (bicyclic) bond motifs is 1. The molecule has 0 atom stereocenters. The summed E-state index contributed by atoms with van der Waals surface area (Å²) >= 11 is 6.21. The molecule has 4 nitrogen and oxygen atoms in total. The molecule has 0 aliphatic carbocycles. The van der Waals surface area contributed by atoms with E-state index in [1.165, 1.54) is 11.1 Å². The number of aromatic nitrogens is 3. The van der Waals surface area contributed by atoms with Crippen LogP contribution in [0.25, 0.3) is 11.0 Å². The van der Waals surface area contributed by atoms with E-state index >= 15 is 0 Å². The normalized spacial score (nSPS) is 15.4. The van der Waals surface area contributed by atoms with Gasteiger partial charge in [-0.1, -0.05) is 17.7 Å². The van der Waals surface area contributed by atoms with E-state index < -0.39 is 0 Å². The molecule has 0 spiro atoms. The lowest BCUT2D eigenvalue weighted by molar-refractivity contribution is 0.520. The number of pyridine rings is 1. The van der Waals surface area contributed by atoms with E-state index in [-0.39, 0.29) is 0 Å². The highest BCUT2D eigenvalue weighted by molar-refractivity contribution is 6.32. The third-order valence-electron chi connectivity index (χ3n) is 4.18. The Morgan fingerprint density at radius 3 is 2.90 bits per heavy atom. The van der Waals surface area contributed by atoms with Crippen LogP contribution < -0.4 is 4.90 Å². The summed E-state index contributed by atoms with van der Waals surface area (Å²) in [6.45, 7) is 4.02. The maximum atomic E-state index is 6.21. The number of hydrogen-bond donors (Lipinski definition) is 1. The Labute approximate surface area is 127 Å². The second-order valence-electron chi connectivity index (χ2n) is 5.51. The van der Waals surface area contributed by atoms with Crippen molar-refractivity contribution in [3.8, 4) is 0 Å². The van der Waals surface area contributed by atoms with E-state index in [0.29, 0.717) is 10.9 Å². The molecule has 1 aliphatic heterocycles. The van der Waals surface area contributed by atoms with E-state index in [2.05, 4.69) is 38.9 Å². The highest BCUT2D eigenvalue weighted by atomic mass is 35.5. The lowest BCUT2D eigenvalue weighted by Gasteiger charge is -2.41. The lowest BCUT2D eigenvalue weighted by atomic mass is 9.87. The van der Waals surface area contributed by atoms with Gasteiger partial charge in [-0.15, -0.1) is 0 Å². The van der Waals surface area contributed by atoms with Gasteiger partial charge in [0.15, 0.2) is 0 Å². The molecule has 1 aromatic carbocycles. The van der Waals surface area contributed by atoms with Crippen LogP contribution in [0.2, 0.25) is 5.02 Å². The highest BCUT2D eigenvalue weighted by Crippen LogP contribution is 2.37. The Balaban J connectivity index is 1.64. The number of halogens is 1. The molecule has 1 saturated heterocycles. The quantitative estimate of drug-likeness (QED) is 0.787. The summed E-state index contributed by atoms with van der Waals surface area (Å²) in [6, 6.07) is 7.99. The van der Waals surface area contributed by atoms with Crippen LogP contribution in [-0.4, -0.2) is 28.0 Å². The molecule has 0 radical (unpaired) electrons. The van der Waals surface area contributed by atoms with Gasteiger partial charge in [0, 0.05) is 25.2 Å². The number of rotatable bonds is 2. The van der Waals surface area contributed by atoms with Gasteiger partial charge in [-0.3, -0.25) is 0 Å². The zero-order valence-corrected chi connectivity index (χ0v) is 12.4. The monoisotopic (exact) mass is 298 g/mol. The van der Waals surface area contributed by atoms with Crippen molar-refractivity contribution in [1.29, 1.82) is 0 Å². The molecule has 0 unspecified atom stereocenters. The van der Waals surface area contributed by atoms with Gasteiger partial charge in [-0.25, -0.2) is 9.97 Å². The summed E-state index contributed by atoms with van der Waals surface area (Å²) < 4.78 is 0. The molecule has 5 heteroatoms. The summed E-state index contributed by atoms with van der Waals surface area (Å²) in [6.07, 6.45) is 3.55. The summed E-state index contributed by atoms with van der Waals surface area (Å²) in [7, 11) is 0. The summed E-state index contributed by atoms with van der Waals surface area (Å²) in [4.78, 5) is 14.3. The standard InChI is InChI=1S/C16H15ClN4/c1-10-4-5-13-15(20-9-19-13)14(10)11-7-21(8-11)16-12(17)3-2-6-18-16/h2-6,9,11H,7-8H2,1H3,(H,19,20). The maximum absolute atomic E-state index is 6.21. The molecular formula is C16H15ClN4. The highest BCUT2D eigenvalue weighted by Gasteiger charge is 2.32. The first-order chi connectivity index (χ1) is 10.2. The van der Waals surface area contributed by atoms with Crippen LogP contribution in [0.15, 0.2) is 36.8 Å². The first-order valence-corrected chi connectivity index (χ1v) is 7.40. The van der Waals surface area contributed by atoms with Crippen LogP contribution in [0.3, 0.4) is 0 Å². The van der Waals surface area contributed by atoms with E-state index in [9.17, 15) is 0 Å². The molecule has 0 saturated carbocycles. The topological polar surface area (TPSA) is 44.8 Å². The fourth-order valence-corrected chi connectivity index (χ4v) is 3.33. The Kier molecular flexibility index (Phi) is 2.86. The Morgan fingerprint density at radius 2 is 2.10 bits per heavy atom. The zero-order valence-electron chi connectivity index (χ0n) is 11.7. The minimum atomic E-state index is 0.482. The van der Waals surface area contributed by atoms with Crippen molar-refractivity contribution in [1.82, 2.24) is 15.0 Å². The van der Waals surface area contributed by atoms with Gasteiger partial charge in [0.05, 0.1) is 22.4 Å².